The lowest BCUT2D eigenvalue weighted by atomic mass is 9.76. The molecule has 1 aliphatic rings. The van der Waals surface area contributed by atoms with E-state index in [1.165, 1.54) is 38.4 Å². The topological polar surface area (TPSA) is 26.0 Å². The summed E-state index contributed by atoms with van der Waals surface area (Å²) in [6.07, 6.45) is 1.09. The molecule has 0 unspecified atom stereocenters. The number of nitrogens with zero attached hydrogens (tertiary/aromatic N) is 1. The van der Waals surface area contributed by atoms with Gasteiger partial charge in [-0.1, -0.05) is 58.0 Å². The first-order valence-corrected chi connectivity index (χ1v) is 10.8. The van der Waals surface area contributed by atoms with Crippen molar-refractivity contribution in [1.82, 2.24) is 4.98 Å². The van der Waals surface area contributed by atoms with E-state index in [9.17, 15) is 0 Å². The normalized spacial score (nSPS) is 14.7. The maximum absolute atomic E-state index is 6.23. The molecule has 0 N–H and O–H groups in total. The maximum Gasteiger partial charge on any atom is 0.136 e. The Bertz CT molecular complexity index is 1470. The monoisotopic (exact) mass is 391 g/mol. The van der Waals surface area contributed by atoms with Gasteiger partial charge in [-0.2, -0.15) is 0 Å². The van der Waals surface area contributed by atoms with Gasteiger partial charge in [0.25, 0.3) is 0 Å². The van der Waals surface area contributed by atoms with Crippen molar-refractivity contribution in [2.75, 3.05) is 0 Å². The number of benzene rings is 3. The molecule has 0 fully saturated rings. The van der Waals surface area contributed by atoms with E-state index in [0.717, 1.165) is 28.8 Å². The zero-order valence-corrected chi connectivity index (χ0v) is 17.9. The van der Waals surface area contributed by atoms with Gasteiger partial charge in [0.1, 0.15) is 11.2 Å². The molecule has 0 saturated carbocycles. The van der Waals surface area contributed by atoms with Crippen molar-refractivity contribution in [3.05, 3.63) is 77.4 Å². The summed E-state index contributed by atoms with van der Waals surface area (Å²) in [7, 11) is 0. The SMILES string of the molecule is CC(C)Cc1ccc2nc3c(cc2c1)C(C)(C)c1cccc2oc4cccc-3c4c12. The summed E-state index contributed by atoms with van der Waals surface area (Å²) in [5.41, 5.74) is 9.00. The fourth-order valence-electron chi connectivity index (χ4n) is 5.24. The summed E-state index contributed by atoms with van der Waals surface area (Å²) >= 11 is 0. The minimum atomic E-state index is -0.181. The van der Waals surface area contributed by atoms with Crippen LogP contribution < -0.4 is 0 Å². The summed E-state index contributed by atoms with van der Waals surface area (Å²) in [5.74, 6) is 0.640. The molecule has 148 valence electrons. The number of aromatic nitrogens is 1. The molecule has 2 nitrogen and oxygen atoms in total. The van der Waals surface area contributed by atoms with Crippen LogP contribution in [0.3, 0.4) is 0 Å². The van der Waals surface area contributed by atoms with Crippen LogP contribution in [0.1, 0.15) is 44.4 Å². The van der Waals surface area contributed by atoms with E-state index in [1.807, 2.05) is 0 Å². The number of hydrogen-bond acceptors (Lipinski definition) is 2. The molecule has 5 aromatic rings. The molecule has 0 amide bonds. The third-order valence-corrected chi connectivity index (χ3v) is 6.65. The second-order valence-corrected chi connectivity index (χ2v) is 9.59. The molecule has 0 atom stereocenters. The van der Waals surface area contributed by atoms with Gasteiger partial charge in [0.05, 0.1) is 11.2 Å². The molecular formula is C28H25NO. The Balaban J connectivity index is 1.74. The van der Waals surface area contributed by atoms with Crippen LogP contribution in [-0.2, 0) is 11.8 Å². The minimum Gasteiger partial charge on any atom is -0.456 e. The Morgan fingerprint density at radius 1 is 0.867 bits per heavy atom. The lowest BCUT2D eigenvalue weighted by Crippen LogP contribution is -2.20. The van der Waals surface area contributed by atoms with Gasteiger partial charge in [-0.15, -0.1) is 0 Å². The number of fused-ring (bicyclic) bond motifs is 3. The first-order valence-electron chi connectivity index (χ1n) is 10.8. The van der Waals surface area contributed by atoms with E-state index < -0.39 is 0 Å². The van der Waals surface area contributed by atoms with Gasteiger partial charge in [0.15, 0.2) is 0 Å². The van der Waals surface area contributed by atoms with Gasteiger partial charge in [-0.25, -0.2) is 4.98 Å². The summed E-state index contributed by atoms with van der Waals surface area (Å²) in [6, 6.07) is 21.9. The molecule has 0 radical (unpaired) electrons. The first kappa shape index (κ1) is 17.7. The molecule has 0 spiro atoms. The molecule has 6 rings (SSSR count). The number of pyridine rings is 1. The first-order chi connectivity index (χ1) is 14.4. The number of furan rings is 1. The average Bonchev–Trinajstić information content (AvgIpc) is 3.07. The van der Waals surface area contributed by atoms with Crippen LogP contribution in [0.25, 0.3) is 44.1 Å². The Labute approximate surface area is 176 Å². The number of rotatable bonds is 2. The van der Waals surface area contributed by atoms with Gasteiger partial charge in [0, 0.05) is 27.1 Å². The largest absolute Gasteiger partial charge is 0.456 e. The summed E-state index contributed by atoms with van der Waals surface area (Å²) < 4.78 is 6.23. The molecule has 0 aliphatic heterocycles. The maximum atomic E-state index is 6.23. The third-order valence-electron chi connectivity index (χ3n) is 6.65. The van der Waals surface area contributed by atoms with Crippen molar-refractivity contribution >= 4 is 32.8 Å². The molecule has 3 aromatic carbocycles. The predicted molar refractivity (Wildman–Crippen MR) is 125 cm³/mol. The van der Waals surface area contributed by atoms with E-state index in [1.54, 1.807) is 0 Å². The van der Waals surface area contributed by atoms with Crippen LogP contribution >= 0.6 is 0 Å². The highest BCUT2D eigenvalue weighted by Gasteiger charge is 2.34. The Morgan fingerprint density at radius 2 is 1.63 bits per heavy atom. The van der Waals surface area contributed by atoms with Gasteiger partial charge in [-0.3, -0.25) is 0 Å². The quantitative estimate of drug-likeness (QED) is 0.309. The second kappa shape index (κ2) is 5.95. The van der Waals surface area contributed by atoms with Crippen molar-refractivity contribution < 1.29 is 4.42 Å². The lowest BCUT2D eigenvalue weighted by molar-refractivity contribution is 0.642. The standard InChI is InChI=1S/C28H25NO/c1-16(2)13-17-11-12-22-18(14-17)15-21-27(29-22)19-7-5-9-23-25(19)26-20(28(21,3)4)8-6-10-24(26)30-23/h5-12,14-16H,13H2,1-4H3. The summed E-state index contributed by atoms with van der Waals surface area (Å²) in [5, 5.41) is 3.65. The molecule has 30 heavy (non-hydrogen) atoms. The van der Waals surface area contributed by atoms with E-state index in [-0.39, 0.29) is 5.41 Å². The van der Waals surface area contributed by atoms with Crippen molar-refractivity contribution in [2.45, 2.75) is 39.5 Å². The van der Waals surface area contributed by atoms with Gasteiger partial charge >= 0.3 is 0 Å². The average molecular weight is 392 g/mol. The highest BCUT2D eigenvalue weighted by atomic mass is 16.3. The lowest BCUT2D eigenvalue weighted by Gasteiger charge is -2.27. The van der Waals surface area contributed by atoms with Crippen LogP contribution in [0, 0.1) is 5.92 Å². The van der Waals surface area contributed by atoms with Crippen molar-refractivity contribution in [1.29, 1.82) is 0 Å². The molecule has 0 saturated heterocycles. The van der Waals surface area contributed by atoms with E-state index in [2.05, 4.69) is 88.4 Å². The predicted octanol–water partition coefficient (Wildman–Crippen LogP) is 7.64. The Kier molecular flexibility index (Phi) is 3.51. The highest BCUT2D eigenvalue weighted by Crippen LogP contribution is 2.49. The molecule has 2 heteroatoms. The summed E-state index contributed by atoms with van der Waals surface area (Å²) in [6.45, 7) is 9.17. The van der Waals surface area contributed by atoms with E-state index in [0.29, 0.717) is 5.92 Å². The smallest absolute Gasteiger partial charge is 0.136 e. The van der Waals surface area contributed by atoms with Crippen LogP contribution in [0.5, 0.6) is 0 Å². The van der Waals surface area contributed by atoms with Gasteiger partial charge in [0.2, 0.25) is 0 Å². The summed E-state index contributed by atoms with van der Waals surface area (Å²) in [4.78, 5) is 5.22. The number of hydrogen-bond donors (Lipinski definition) is 0. The molecule has 2 heterocycles. The Morgan fingerprint density at radius 3 is 2.43 bits per heavy atom. The highest BCUT2D eigenvalue weighted by molar-refractivity contribution is 6.15. The van der Waals surface area contributed by atoms with Crippen molar-refractivity contribution in [2.24, 2.45) is 5.92 Å². The van der Waals surface area contributed by atoms with Gasteiger partial charge in [-0.05, 0) is 59.4 Å². The van der Waals surface area contributed by atoms with E-state index in [4.69, 9.17) is 9.40 Å². The zero-order valence-electron chi connectivity index (χ0n) is 17.9. The fourth-order valence-corrected chi connectivity index (χ4v) is 5.24. The van der Waals surface area contributed by atoms with Crippen LogP contribution in [0.4, 0.5) is 0 Å². The second-order valence-electron chi connectivity index (χ2n) is 9.59. The minimum absolute atomic E-state index is 0.181. The molecule has 1 aliphatic carbocycles. The van der Waals surface area contributed by atoms with Crippen molar-refractivity contribution in [3.8, 4) is 11.3 Å². The third kappa shape index (κ3) is 2.34. The molecule has 0 bridgehead atoms. The molecule has 2 aromatic heterocycles. The van der Waals surface area contributed by atoms with E-state index >= 15 is 0 Å². The van der Waals surface area contributed by atoms with Gasteiger partial charge < -0.3 is 4.42 Å². The zero-order chi connectivity index (χ0) is 20.6. The van der Waals surface area contributed by atoms with Crippen LogP contribution in [0.2, 0.25) is 0 Å². The molecular weight excluding hydrogens is 366 g/mol. The van der Waals surface area contributed by atoms with Crippen molar-refractivity contribution in [3.63, 3.8) is 0 Å². The fraction of sp³-hybridized carbons (Fsp3) is 0.250. The van der Waals surface area contributed by atoms with Crippen LogP contribution in [-0.4, -0.2) is 4.98 Å². The van der Waals surface area contributed by atoms with Crippen LogP contribution in [0.15, 0.2) is 65.1 Å². The Hall–Kier alpha value is -3.13.